The van der Waals surface area contributed by atoms with E-state index in [0.717, 1.165) is 6.42 Å². The Hall–Kier alpha value is -1.46. The molecule has 1 aromatic rings. The number of likely N-dealkylation sites (N-methyl/N-ethyl adjacent to an activating group) is 1. The fourth-order valence-electron chi connectivity index (χ4n) is 2.69. The summed E-state index contributed by atoms with van der Waals surface area (Å²) in [5.41, 5.74) is 6.37. The lowest BCUT2D eigenvalue weighted by molar-refractivity contribution is -0.141. The fraction of sp³-hybridized carbons (Fsp3) is 0.500. The molecule has 0 atom stereocenters. The van der Waals surface area contributed by atoms with Crippen molar-refractivity contribution in [1.82, 2.24) is 4.90 Å². The van der Waals surface area contributed by atoms with E-state index in [9.17, 15) is 4.79 Å². The van der Waals surface area contributed by atoms with Crippen LogP contribution in [0.4, 0.5) is 0 Å². The molecule has 1 amide bonds. The van der Waals surface area contributed by atoms with E-state index in [0.29, 0.717) is 37.6 Å². The molecule has 1 heterocycles. The van der Waals surface area contributed by atoms with Crippen molar-refractivity contribution in [2.45, 2.75) is 19.3 Å². The molecule has 0 saturated carbocycles. The number of nitrogens with zero attached hydrogens (tertiary/aromatic N) is 1. The van der Waals surface area contributed by atoms with Crippen LogP contribution in [0.5, 0.6) is 0 Å². The van der Waals surface area contributed by atoms with Gasteiger partial charge in [0.1, 0.15) is 5.41 Å². The van der Waals surface area contributed by atoms with Crippen molar-refractivity contribution >= 4 is 23.1 Å². The monoisotopic (exact) mass is 306 g/mol. The van der Waals surface area contributed by atoms with Crippen molar-refractivity contribution in [1.29, 1.82) is 0 Å². The molecule has 5 heteroatoms. The number of carbonyl (C=O) groups is 1. The van der Waals surface area contributed by atoms with Crippen molar-refractivity contribution in [3.05, 3.63) is 35.9 Å². The lowest BCUT2D eigenvalue weighted by Gasteiger charge is -2.37. The van der Waals surface area contributed by atoms with Gasteiger partial charge in [0.25, 0.3) is 0 Å². The molecule has 2 N–H and O–H groups in total. The Kier molecular flexibility index (Phi) is 5.31. The minimum atomic E-state index is -0.723. The van der Waals surface area contributed by atoms with Crippen molar-refractivity contribution < 1.29 is 9.53 Å². The van der Waals surface area contributed by atoms with Gasteiger partial charge in [-0.15, -0.1) is 0 Å². The van der Waals surface area contributed by atoms with Crippen LogP contribution in [0.25, 0.3) is 0 Å². The van der Waals surface area contributed by atoms with Crippen LogP contribution in [-0.4, -0.2) is 42.6 Å². The van der Waals surface area contributed by atoms with E-state index < -0.39 is 5.41 Å². The first-order chi connectivity index (χ1) is 10.1. The normalized spacial score (nSPS) is 17.2. The second-order valence-electron chi connectivity index (χ2n) is 5.52. The third-order valence-electron chi connectivity index (χ3n) is 4.15. The maximum absolute atomic E-state index is 12.8. The SMILES string of the molecule is CN(CCc1ccccc1)C(=O)C1(C(N)=S)CCOCC1. The summed E-state index contributed by atoms with van der Waals surface area (Å²) in [6.07, 6.45) is 1.99. The fourth-order valence-corrected chi connectivity index (χ4v) is 2.99. The predicted molar refractivity (Wildman–Crippen MR) is 87.1 cm³/mol. The number of rotatable bonds is 5. The Morgan fingerprint density at radius 2 is 1.95 bits per heavy atom. The summed E-state index contributed by atoms with van der Waals surface area (Å²) >= 11 is 5.18. The molecule has 114 valence electrons. The zero-order valence-corrected chi connectivity index (χ0v) is 13.2. The van der Waals surface area contributed by atoms with Gasteiger partial charge in [0.05, 0.1) is 4.99 Å². The molecule has 4 nitrogen and oxygen atoms in total. The van der Waals surface area contributed by atoms with Crippen molar-refractivity contribution in [2.24, 2.45) is 11.1 Å². The van der Waals surface area contributed by atoms with E-state index in [-0.39, 0.29) is 5.91 Å². The molecule has 0 unspecified atom stereocenters. The number of carbonyl (C=O) groups excluding carboxylic acids is 1. The molecular formula is C16H22N2O2S. The molecule has 1 aliphatic rings. The molecule has 1 aromatic carbocycles. The maximum Gasteiger partial charge on any atom is 0.235 e. The number of ether oxygens (including phenoxy) is 1. The third kappa shape index (κ3) is 3.60. The standard InChI is InChI=1S/C16H22N2O2S/c1-18(10-7-13-5-3-2-4-6-13)15(19)16(14(17)21)8-11-20-12-9-16/h2-6H,7-12H2,1H3,(H2,17,21). The Bertz CT molecular complexity index is 498. The van der Waals surface area contributed by atoms with E-state index in [4.69, 9.17) is 22.7 Å². The van der Waals surface area contributed by atoms with Gasteiger partial charge in [0, 0.05) is 26.8 Å². The van der Waals surface area contributed by atoms with Crippen LogP contribution >= 0.6 is 12.2 Å². The Morgan fingerprint density at radius 1 is 1.33 bits per heavy atom. The number of hydrogen-bond acceptors (Lipinski definition) is 3. The van der Waals surface area contributed by atoms with Gasteiger partial charge in [-0.25, -0.2) is 0 Å². The zero-order chi connectivity index (χ0) is 15.3. The van der Waals surface area contributed by atoms with E-state index in [1.165, 1.54) is 5.56 Å². The summed E-state index contributed by atoms with van der Waals surface area (Å²) in [4.78, 5) is 14.8. The van der Waals surface area contributed by atoms with E-state index in [2.05, 4.69) is 12.1 Å². The lowest BCUT2D eigenvalue weighted by atomic mass is 9.78. The zero-order valence-electron chi connectivity index (χ0n) is 12.4. The molecule has 1 fully saturated rings. The summed E-state index contributed by atoms with van der Waals surface area (Å²) in [7, 11) is 1.82. The molecule has 2 rings (SSSR count). The largest absolute Gasteiger partial charge is 0.392 e. The van der Waals surface area contributed by atoms with Crippen LogP contribution in [0.2, 0.25) is 0 Å². The van der Waals surface area contributed by atoms with Gasteiger partial charge in [-0.05, 0) is 24.8 Å². The van der Waals surface area contributed by atoms with Crippen molar-refractivity contribution in [3.63, 3.8) is 0 Å². The average Bonchev–Trinajstić information content (AvgIpc) is 2.53. The molecule has 1 aliphatic heterocycles. The first kappa shape index (κ1) is 15.9. The first-order valence-corrected chi connectivity index (χ1v) is 7.64. The Balaban J connectivity index is 2.01. The third-order valence-corrected chi connectivity index (χ3v) is 4.54. The van der Waals surface area contributed by atoms with E-state index in [1.807, 2.05) is 25.2 Å². The molecule has 21 heavy (non-hydrogen) atoms. The number of thiocarbonyl (C=S) groups is 1. The summed E-state index contributed by atoms with van der Waals surface area (Å²) in [5.74, 6) is 0.0224. The molecule has 0 aromatic heterocycles. The van der Waals surface area contributed by atoms with Crippen molar-refractivity contribution in [2.75, 3.05) is 26.8 Å². The van der Waals surface area contributed by atoms with Gasteiger partial charge in [-0.2, -0.15) is 0 Å². The van der Waals surface area contributed by atoms with Gasteiger partial charge >= 0.3 is 0 Å². The summed E-state index contributed by atoms with van der Waals surface area (Å²) < 4.78 is 5.35. The van der Waals surface area contributed by atoms with Gasteiger partial charge in [0.2, 0.25) is 5.91 Å². The molecule has 1 saturated heterocycles. The minimum absolute atomic E-state index is 0.0224. The molecule has 0 radical (unpaired) electrons. The van der Waals surface area contributed by atoms with Crippen LogP contribution in [0.15, 0.2) is 30.3 Å². The highest BCUT2D eigenvalue weighted by Crippen LogP contribution is 2.33. The number of nitrogens with two attached hydrogens (primary N) is 1. The summed E-state index contributed by atoms with van der Waals surface area (Å²) in [6, 6.07) is 10.1. The second kappa shape index (κ2) is 7.00. The topological polar surface area (TPSA) is 55.6 Å². The molecular weight excluding hydrogens is 284 g/mol. The van der Waals surface area contributed by atoms with Gasteiger partial charge in [-0.3, -0.25) is 4.79 Å². The van der Waals surface area contributed by atoms with Gasteiger partial charge in [-0.1, -0.05) is 42.5 Å². The number of hydrogen-bond donors (Lipinski definition) is 1. The smallest absolute Gasteiger partial charge is 0.235 e. The average molecular weight is 306 g/mol. The van der Waals surface area contributed by atoms with Gasteiger partial charge < -0.3 is 15.4 Å². The summed E-state index contributed by atoms with van der Waals surface area (Å²) in [6.45, 7) is 1.74. The molecule has 0 bridgehead atoms. The van der Waals surface area contributed by atoms with Crippen LogP contribution in [0.3, 0.4) is 0 Å². The Morgan fingerprint density at radius 3 is 2.52 bits per heavy atom. The van der Waals surface area contributed by atoms with Crippen LogP contribution in [0.1, 0.15) is 18.4 Å². The van der Waals surface area contributed by atoms with E-state index in [1.54, 1.807) is 4.90 Å². The lowest BCUT2D eigenvalue weighted by Crippen LogP contribution is -2.52. The van der Waals surface area contributed by atoms with E-state index >= 15 is 0 Å². The van der Waals surface area contributed by atoms with Gasteiger partial charge in [0.15, 0.2) is 0 Å². The molecule has 0 spiro atoms. The second-order valence-corrected chi connectivity index (χ2v) is 5.96. The highest BCUT2D eigenvalue weighted by atomic mass is 32.1. The highest BCUT2D eigenvalue weighted by Gasteiger charge is 2.44. The van der Waals surface area contributed by atoms with Crippen LogP contribution < -0.4 is 5.73 Å². The van der Waals surface area contributed by atoms with Crippen LogP contribution in [0, 0.1) is 5.41 Å². The molecule has 0 aliphatic carbocycles. The summed E-state index contributed by atoms with van der Waals surface area (Å²) in [5, 5.41) is 0. The highest BCUT2D eigenvalue weighted by molar-refractivity contribution is 7.80. The first-order valence-electron chi connectivity index (χ1n) is 7.23. The van der Waals surface area contributed by atoms with Crippen molar-refractivity contribution in [3.8, 4) is 0 Å². The maximum atomic E-state index is 12.8. The van der Waals surface area contributed by atoms with Crippen LogP contribution in [-0.2, 0) is 16.0 Å². The minimum Gasteiger partial charge on any atom is -0.392 e. The quantitative estimate of drug-likeness (QED) is 0.842. The Labute approximate surface area is 131 Å². The number of amides is 1. The number of benzene rings is 1. The predicted octanol–water partition coefficient (Wildman–Crippen LogP) is 1.77.